The molecular formula is C19H24N2O3. The number of aromatic amines is 1. The molecule has 0 bridgehead atoms. The molecule has 2 heterocycles. The van der Waals surface area contributed by atoms with Crippen molar-refractivity contribution in [3.63, 3.8) is 0 Å². The Kier molecular flexibility index (Phi) is 4.60. The molecule has 1 aliphatic rings. The Morgan fingerprint density at radius 2 is 2.08 bits per heavy atom. The van der Waals surface area contributed by atoms with Crippen LogP contribution in [0.3, 0.4) is 0 Å². The Hall–Kier alpha value is -2.30. The topological polar surface area (TPSA) is 62.4 Å². The van der Waals surface area contributed by atoms with Crippen LogP contribution in [-0.4, -0.2) is 41.5 Å². The average molecular weight is 328 g/mol. The van der Waals surface area contributed by atoms with Crippen LogP contribution in [0.25, 0.3) is 10.9 Å². The quantitative estimate of drug-likeness (QED) is 0.880. The van der Waals surface area contributed by atoms with Crippen molar-refractivity contribution >= 4 is 22.8 Å². The van der Waals surface area contributed by atoms with Gasteiger partial charge in [-0.3, -0.25) is 4.79 Å². The van der Waals surface area contributed by atoms with Gasteiger partial charge in [0.05, 0.1) is 0 Å². The number of fused-ring (bicyclic) bond motifs is 1. The number of piperidine rings is 1. The summed E-state index contributed by atoms with van der Waals surface area (Å²) in [6.07, 6.45) is 2.17. The van der Waals surface area contributed by atoms with Gasteiger partial charge in [0.15, 0.2) is 6.61 Å². The number of nitrogens with one attached hydrogen (secondary N) is 1. The zero-order chi connectivity index (χ0) is 17.3. The number of likely N-dealkylation sites (tertiary alicyclic amines) is 1. The molecule has 0 aliphatic carbocycles. The van der Waals surface area contributed by atoms with E-state index in [9.17, 15) is 9.59 Å². The monoisotopic (exact) mass is 328 g/mol. The summed E-state index contributed by atoms with van der Waals surface area (Å²) >= 11 is 0. The van der Waals surface area contributed by atoms with Crippen LogP contribution in [0.5, 0.6) is 0 Å². The van der Waals surface area contributed by atoms with E-state index in [4.69, 9.17) is 4.74 Å². The molecule has 0 saturated carbocycles. The van der Waals surface area contributed by atoms with Crippen molar-refractivity contribution in [1.29, 1.82) is 0 Å². The van der Waals surface area contributed by atoms with Gasteiger partial charge in [0.25, 0.3) is 5.91 Å². The van der Waals surface area contributed by atoms with Crippen molar-refractivity contribution in [3.05, 3.63) is 35.0 Å². The van der Waals surface area contributed by atoms with Gasteiger partial charge >= 0.3 is 5.97 Å². The molecule has 0 unspecified atom stereocenters. The molecule has 1 aliphatic heterocycles. The zero-order valence-corrected chi connectivity index (χ0v) is 14.5. The third kappa shape index (κ3) is 3.45. The number of hydrogen-bond donors (Lipinski definition) is 1. The first-order valence-corrected chi connectivity index (χ1v) is 8.49. The molecule has 5 heteroatoms. The summed E-state index contributed by atoms with van der Waals surface area (Å²) < 4.78 is 5.22. The van der Waals surface area contributed by atoms with E-state index in [-0.39, 0.29) is 12.5 Å². The fourth-order valence-electron chi connectivity index (χ4n) is 3.42. The molecule has 1 amide bonds. The summed E-state index contributed by atoms with van der Waals surface area (Å²) in [6.45, 7) is 7.48. The highest BCUT2D eigenvalue weighted by molar-refractivity contribution is 5.96. The maximum atomic E-state index is 12.2. The van der Waals surface area contributed by atoms with E-state index >= 15 is 0 Å². The Balaban J connectivity index is 1.65. The van der Waals surface area contributed by atoms with E-state index in [0.29, 0.717) is 11.6 Å². The first-order chi connectivity index (χ1) is 11.4. The van der Waals surface area contributed by atoms with Crippen molar-refractivity contribution in [2.75, 3.05) is 19.7 Å². The van der Waals surface area contributed by atoms with Crippen LogP contribution >= 0.6 is 0 Å². The molecule has 2 aromatic rings. The number of carbonyl (C=O) groups excluding carboxylic acids is 2. The number of H-pyrrole nitrogens is 1. The number of hydrogen-bond acceptors (Lipinski definition) is 3. The predicted molar refractivity (Wildman–Crippen MR) is 93.0 cm³/mol. The molecule has 5 nitrogen and oxygen atoms in total. The lowest BCUT2D eigenvalue weighted by Gasteiger charge is -2.30. The minimum absolute atomic E-state index is 0.113. The Morgan fingerprint density at radius 1 is 1.29 bits per heavy atom. The Bertz CT molecular complexity index is 778. The summed E-state index contributed by atoms with van der Waals surface area (Å²) in [7, 11) is 0. The second kappa shape index (κ2) is 6.67. The number of amides is 1. The van der Waals surface area contributed by atoms with Crippen LogP contribution in [-0.2, 0) is 9.53 Å². The van der Waals surface area contributed by atoms with Crippen molar-refractivity contribution in [2.45, 2.75) is 33.6 Å². The van der Waals surface area contributed by atoms with E-state index in [2.05, 4.69) is 18.0 Å². The zero-order valence-electron chi connectivity index (χ0n) is 14.5. The fourth-order valence-corrected chi connectivity index (χ4v) is 3.42. The normalized spacial score (nSPS) is 18.0. The summed E-state index contributed by atoms with van der Waals surface area (Å²) in [6, 6.07) is 5.87. The number of esters is 1. The number of rotatable bonds is 3. The molecule has 3 rings (SSSR count). The van der Waals surface area contributed by atoms with E-state index in [1.165, 1.54) is 0 Å². The smallest absolute Gasteiger partial charge is 0.355 e. The minimum Gasteiger partial charge on any atom is -0.451 e. The van der Waals surface area contributed by atoms with Crippen LogP contribution in [0.1, 0.15) is 41.4 Å². The lowest BCUT2D eigenvalue weighted by atomic mass is 10.0. The van der Waals surface area contributed by atoms with Gasteiger partial charge in [-0.05, 0) is 55.9 Å². The molecule has 1 fully saturated rings. The number of aryl methyl sites for hydroxylation is 2. The molecular weight excluding hydrogens is 304 g/mol. The van der Waals surface area contributed by atoms with Crippen LogP contribution in [0.2, 0.25) is 0 Å². The molecule has 1 N–H and O–H groups in total. The van der Waals surface area contributed by atoms with Crippen molar-refractivity contribution in [1.82, 2.24) is 9.88 Å². The first kappa shape index (κ1) is 16.6. The van der Waals surface area contributed by atoms with Gasteiger partial charge < -0.3 is 14.6 Å². The van der Waals surface area contributed by atoms with Crippen molar-refractivity contribution < 1.29 is 14.3 Å². The largest absolute Gasteiger partial charge is 0.451 e. The van der Waals surface area contributed by atoms with E-state index in [1.54, 1.807) is 11.0 Å². The predicted octanol–water partition coefficient (Wildman–Crippen LogP) is 3.20. The molecule has 0 spiro atoms. The second-order valence-corrected chi connectivity index (χ2v) is 6.89. The molecule has 128 valence electrons. The van der Waals surface area contributed by atoms with E-state index in [0.717, 1.165) is 48.0 Å². The van der Waals surface area contributed by atoms with Gasteiger partial charge in [0, 0.05) is 24.0 Å². The van der Waals surface area contributed by atoms with E-state index < -0.39 is 5.97 Å². The SMILES string of the molecule is Cc1cc(C)c2cc(C(=O)OCC(=O)N3CCC[C@@H](C)C3)[nH]c2c1. The van der Waals surface area contributed by atoms with Gasteiger partial charge in [-0.2, -0.15) is 0 Å². The average Bonchev–Trinajstić information content (AvgIpc) is 2.96. The molecule has 1 saturated heterocycles. The minimum atomic E-state index is -0.485. The maximum Gasteiger partial charge on any atom is 0.355 e. The highest BCUT2D eigenvalue weighted by atomic mass is 16.5. The fraction of sp³-hybridized carbons (Fsp3) is 0.474. The third-order valence-electron chi connectivity index (χ3n) is 4.65. The first-order valence-electron chi connectivity index (χ1n) is 8.49. The Labute approximate surface area is 142 Å². The number of ether oxygens (including phenoxy) is 1. The summed E-state index contributed by atoms with van der Waals surface area (Å²) in [4.78, 5) is 29.3. The number of aromatic nitrogens is 1. The summed E-state index contributed by atoms with van der Waals surface area (Å²) in [5, 5.41) is 1.00. The van der Waals surface area contributed by atoms with Crippen LogP contribution < -0.4 is 0 Å². The van der Waals surface area contributed by atoms with E-state index in [1.807, 2.05) is 19.9 Å². The molecule has 1 aromatic heterocycles. The van der Waals surface area contributed by atoms with Crippen LogP contribution in [0.15, 0.2) is 18.2 Å². The van der Waals surface area contributed by atoms with Gasteiger partial charge in [-0.15, -0.1) is 0 Å². The lowest BCUT2D eigenvalue weighted by Crippen LogP contribution is -2.41. The highest BCUT2D eigenvalue weighted by Gasteiger charge is 2.22. The molecule has 0 radical (unpaired) electrons. The summed E-state index contributed by atoms with van der Waals surface area (Å²) in [5.74, 6) is -0.0852. The maximum absolute atomic E-state index is 12.2. The molecule has 1 aromatic carbocycles. The summed E-state index contributed by atoms with van der Waals surface area (Å²) in [5.41, 5.74) is 3.55. The van der Waals surface area contributed by atoms with Gasteiger partial charge in [-0.1, -0.05) is 13.0 Å². The van der Waals surface area contributed by atoms with Gasteiger partial charge in [0.1, 0.15) is 5.69 Å². The molecule has 1 atom stereocenters. The van der Waals surface area contributed by atoms with Crippen LogP contribution in [0.4, 0.5) is 0 Å². The third-order valence-corrected chi connectivity index (χ3v) is 4.65. The van der Waals surface area contributed by atoms with Crippen molar-refractivity contribution in [2.24, 2.45) is 5.92 Å². The standard InChI is InChI=1S/C19H24N2O3/c1-12-5-4-6-21(10-12)18(22)11-24-19(23)17-9-15-14(3)7-13(2)8-16(15)20-17/h7-9,12,20H,4-6,10-11H2,1-3H3/t12-/m1/s1. The molecule has 24 heavy (non-hydrogen) atoms. The van der Waals surface area contributed by atoms with Gasteiger partial charge in [-0.25, -0.2) is 4.79 Å². The van der Waals surface area contributed by atoms with Crippen molar-refractivity contribution in [3.8, 4) is 0 Å². The second-order valence-electron chi connectivity index (χ2n) is 6.89. The number of benzene rings is 1. The lowest BCUT2D eigenvalue weighted by molar-refractivity contribution is -0.136. The number of carbonyl (C=O) groups is 2. The van der Waals surface area contributed by atoms with Gasteiger partial charge in [0.2, 0.25) is 0 Å². The number of nitrogens with zero attached hydrogens (tertiary/aromatic N) is 1. The van der Waals surface area contributed by atoms with Crippen LogP contribution in [0, 0.1) is 19.8 Å². The highest BCUT2D eigenvalue weighted by Crippen LogP contribution is 2.22. The Morgan fingerprint density at radius 3 is 2.83 bits per heavy atom.